The second-order valence-electron chi connectivity index (χ2n) is 4.12. The third-order valence-electron chi connectivity index (χ3n) is 2.68. The van der Waals surface area contributed by atoms with E-state index in [9.17, 15) is 4.79 Å². The molecule has 94 valence electrons. The Bertz CT molecular complexity index is 547. The molecule has 2 aromatic heterocycles. The average molecular weight is 244 g/mol. The van der Waals surface area contributed by atoms with Crippen molar-refractivity contribution in [3.05, 3.63) is 47.8 Å². The number of nitrogens with one attached hydrogen (secondary N) is 1. The zero-order chi connectivity index (χ0) is 13.0. The Labute approximate surface area is 106 Å². The van der Waals surface area contributed by atoms with Gasteiger partial charge in [0.15, 0.2) is 0 Å². The van der Waals surface area contributed by atoms with Gasteiger partial charge in [0, 0.05) is 38.1 Å². The Morgan fingerprint density at radius 2 is 2.28 bits per heavy atom. The van der Waals surface area contributed by atoms with Gasteiger partial charge in [-0.2, -0.15) is 0 Å². The Balaban J connectivity index is 1.87. The van der Waals surface area contributed by atoms with E-state index in [0.717, 1.165) is 11.5 Å². The number of nitrogens with zero attached hydrogens (tertiary/aromatic N) is 3. The lowest BCUT2D eigenvalue weighted by atomic mass is 10.3. The molecule has 0 unspecified atom stereocenters. The first kappa shape index (κ1) is 12.3. The summed E-state index contributed by atoms with van der Waals surface area (Å²) in [5.41, 5.74) is 1.29. The van der Waals surface area contributed by atoms with Crippen molar-refractivity contribution in [2.45, 2.75) is 13.3 Å². The highest BCUT2D eigenvalue weighted by atomic mass is 16.1. The molecule has 2 aromatic rings. The molecule has 0 aromatic carbocycles. The van der Waals surface area contributed by atoms with Crippen molar-refractivity contribution in [1.82, 2.24) is 19.9 Å². The highest BCUT2D eigenvalue weighted by Crippen LogP contribution is 1.98. The van der Waals surface area contributed by atoms with Crippen LogP contribution in [0.15, 0.2) is 30.6 Å². The summed E-state index contributed by atoms with van der Waals surface area (Å²) in [6.45, 7) is 2.42. The monoisotopic (exact) mass is 244 g/mol. The molecule has 0 spiro atoms. The molecule has 5 heteroatoms. The van der Waals surface area contributed by atoms with Crippen LogP contribution in [0.1, 0.15) is 22.0 Å². The van der Waals surface area contributed by atoms with Crippen LogP contribution in [0.5, 0.6) is 0 Å². The summed E-state index contributed by atoms with van der Waals surface area (Å²) < 4.78 is 1.94. The number of aryl methyl sites for hydroxylation is 2. The average Bonchev–Trinajstić information content (AvgIpc) is 2.75. The van der Waals surface area contributed by atoms with Gasteiger partial charge < -0.3 is 9.88 Å². The molecule has 0 saturated carbocycles. The lowest BCUT2D eigenvalue weighted by Gasteiger charge is -2.05. The van der Waals surface area contributed by atoms with Crippen LogP contribution in [0.3, 0.4) is 0 Å². The van der Waals surface area contributed by atoms with Crippen LogP contribution in [0.4, 0.5) is 0 Å². The fourth-order valence-electron chi connectivity index (χ4n) is 1.69. The van der Waals surface area contributed by atoms with E-state index < -0.39 is 0 Å². The normalized spacial score (nSPS) is 10.3. The summed E-state index contributed by atoms with van der Waals surface area (Å²) in [7, 11) is 1.94. The maximum Gasteiger partial charge on any atom is 0.269 e. The van der Waals surface area contributed by atoms with Crippen molar-refractivity contribution < 1.29 is 4.79 Å². The van der Waals surface area contributed by atoms with E-state index in [1.54, 1.807) is 12.3 Å². The highest BCUT2D eigenvalue weighted by Gasteiger charge is 2.07. The van der Waals surface area contributed by atoms with Crippen molar-refractivity contribution in [2.24, 2.45) is 7.05 Å². The molecule has 0 bridgehead atoms. The topological polar surface area (TPSA) is 59.8 Å². The number of carbonyl (C=O) groups excluding carboxylic acids is 1. The van der Waals surface area contributed by atoms with E-state index in [1.165, 1.54) is 0 Å². The maximum atomic E-state index is 11.8. The van der Waals surface area contributed by atoms with Crippen LogP contribution < -0.4 is 5.32 Å². The van der Waals surface area contributed by atoms with Crippen LogP contribution in [-0.2, 0) is 13.5 Å². The summed E-state index contributed by atoms with van der Waals surface area (Å²) in [5.74, 6) is 0.806. The molecule has 0 radical (unpaired) electrons. The van der Waals surface area contributed by atoms with Crippen LogP contribution in [0.2, 0.25) is 0 Å². The molecule has 2 heterocycles. The molecule has 1 N–H and O–H groups in total. The third kappa shape index (κ3) is 2.94. The van der Waals surface area contributed by atoms with E-state index in [2.05, 4.69) is 15.3 Å². The van der Waals surface area contributed by atoms with Gasteiger partial charge in [0.25, 0.3) is 5.91 Å². The zero-order valence-electron chi connectivity index (χ0n) is 10.6. The predicted octanol–water partition coefficient (Wildman–Crippen LogP) is 1.10. The number of amides is 1. The minimum Gasteiger partial charge on any atom is -0.350 e. The first-order valence-corrected chi connectivity index (χ1v) is 5.85. The Kier molecular flexibility index (Phi) is 3.72. The van der Waals surface area contributed by atoms with E-state index in [1.807, 2.05) is 36.9 Å². The van der Waals surface area contributed by atoms with Crippen LogP contribution in [-0.4, -0.2) is 27.0 Å². The van der Waals surface area contributed by atoms with Crippen LogP contribution in [0.25, 0.3) is 0 Å². The molecule has 18 heavy (non-hydrogen) atoms. The summed E-state index contributed by atoms with van der Waals surface area (Å²) >= 11 is 0. The molecule has 5 nitrogen and oxygen atoms in total. The minimum atomic E-state index is -0.145. The van der Waals surface area contributed by atoms with E-state index in [4.69, 9.17) is 0 Å². The largest absolute Gasteiger partial charge is 0.350 e. The summed E-state index contributed by atoms with van der Waals surface area (Å²) in [4.78, 5) is 20.2. The number of pyridine rings is 1. The van der Waals surface area contributed by atoms with Crippen molar-refractivity contribution in [3.8, 4) is 0 Å². The fourth-order valence-corrected chi connectivity index (χ4v) is 1.69. The first-order chi connectivity index (χ1) is 8.66. The lowest BCUT2D eigenvalue weighted by Crippen LogP contribution is -2.27. The number of aromatic nitrogens is 3. The van der Waals surface area contributed by atoms with Crippen molar-refractivity contribution in [2.75, 3.05) is 6.54 Å². The smallest absolute Gasteiger partial charge is 0.269 e. The Morgan fingerprint density at radius 1 is 1.44 bits per heavy atom. The van der Waals surface area contributed by atoms with Gasteiger partial charge in [0.1, 0.15) is 11.5 Å². The van der Waals surface area contributed by atoms with Crippen molar-refractivity contribution >= 4 is 5.91 Å². The summed E-state index contributed by atoms with van der Waals surface area (Å²) in [5, 5.41) is 2.84. The molecule has 0 aliphatic carbocycles. The molecule has 0 aliphatic heterocycles. The number of rotatable bonds is 4. The zero-order valence-corrected chi connectivity index (χ0v) is 10.6. The van der Waals surface area contributed by atoms with Crippen LogP contribution >= 0.6 is 0 Å². The summed E-state index contributed by atoms with van der Waals surface area (Å²) in [6.07, 6.45) is 4.35. The van der Waals surface area contributed by atoms with E-state index in [0.29, 0.717) is 18.7 Å². The first-order valence-electron chi connectivity index (χ1n) is 5.85. The number of carbonyl (C=O) groups is 1. The van der Waals surface area contributed by atoms with Crippen molar-refractivity contribution in [3.63, 3.8) is 0 Å². The second-order valence-corrected chi connectivity index (χ2v) is 4.12. The maximum absolute atomic E-state index is 11.8. The quantitative estimate of drug-likeness (QED) is 0.876. The summed E-state index contributed by atoms with van der Waals surface area (Å²) in [6, 6.07) is 5.41. The SMILES string of the molecule is Cc1cccc(C(=O)NCCc2nccn2C)n1. The minimum absolute atomic E-state index is 0.145. The van der Waals surface area contributed by atoms with E-state index >= 15 is 0 Å². The van der Waals surface area contributed by atoms with Gasteiger partial charge in [-0.1, -0.05) is 6.07 Å². The molecular weight excluding hydrogens is 228 g/mol. The molecular formula is C13H16N4O. The molecule has 0 saturated heterocycles. The van der Waals surface area contributed by atoms with Gasteiger partial charge in [0.05, 0.1) is 0 Å². The molecule has 0 fully saturated rings. The van der Waals surface area contributed by atoms with Gasteiger partial charge in [-0.25, -0.2) is 9.97 Å². The molecule has 0 atom stereocenters. The van der Waals surface area contributed by atoms with Crippen LogP contribution in [0, 0.1) is 6.92 Å². The molecule has 2 rings (SSSR count). The Hall–Kier alpha value is -2.17. The fraction of sp³-hybridized carbons (Fsp3) is 0.308. The van der Waals surface area contributed by atoms with E-state index in [-0.39, 0.29) is 5.91 Å². The van der Waals surface area contributed by atoms with Gasteiger partial charge in [-0.05, 0) is 19.1 Å². The molecule has 0 aliphatic rings. The number of imidazole rings is 1. The van der Waals surface area contributed by atoms with Gasteiger partial charge >= 0.3 is 0 Å². The lowest BCUT2D eigenvalue weighted by molar-refractivity contribution is 0.0948. The van der Waals surface area contributed by atoms with Crippen molar-refractivity contribution in [1.29, 1.82) is 0 Å². The highest BCUT2D eigenvalue weighted by molar-refractivity contribution is 5.92. The molecule has 1 amide bonds. The number of hydrogen-bond acceptors (Lipinski definition) is 3. The second kappa shape index (κ2) is 5.44. The van der Waals surface area contributed by atoms with Gasteiger partial charge in [-0.3, -0.25) is 4.79 Å². The predicted molar refractivity (Wildman–Crippen MR) is 68.2 cm³/mol. The standard InChI is InChI=1S/C13H16N4O/c1-10-4-3-5-11(16-10)13(18)15-7-6-12-14-8-9-17(12)2/h3-5,8-9H,6-7H2,1-2H3,(H,15,18). The third-order valence-corrected chi connectivity index (χ3v) is 2.68. The van der Waals surface area contributed by atoms with Gasteiger partial charge in [0.2, 0.25) is 0 Å². The van der Waals surface area contributed by atoms with Gasteiger partial charge in [-0.15, -0.1) is 0 Å². The number of hydrogen-bond donors (Lipinski definition) is 1. The Morgan fingerprint density at radius 3 is 2.94 bits per heavy atom.